The van der Waals surface area contributed by atoms with Crippen molar-refractivity contribution in [3.8, 4) is 5.75 Å². The largest absolute Gasteiger partial charge is 0.488 e. The molecule has 0 aromatic heterocycles. The van der Waals surface area contributed by atoms with E-state index >= 15 is 0 Å². The van der Waals surface area contributed by atoms with Gasteiger partial charge in [0, 0.05) is 15.1 Å². The first-order valence-corrected chi connectivity index (χ1v) is 12.1. The van der Waals surface area contributed by atoms with E-state index < -0.39 is 9.65 Å². The van der Waals surface area contributed by atoms with Crippen molar-refractivity contribution in [2.24, 2.45) is 0 Å². The first-order valence-electron chi connectivity index (χ1n) is 8.71. The Hall–Kier alpha value is -0.750. The van der Waals surface area contributed by atoms with E-state index in [2.05, 4.69) is 31.9 Å². The Morgan fingerprint density at radius 3 is 2.20 bits per heavy atom. The highest BCUT2D eigenvalue weighted by Crippen LogP contribution is 2.41. The Bertz CT molecular complexity index is 1060. The van der Waals surface area contributed by atoms with Gasteiger partial charge in [-0.05, 0) is 35.4 Å². The summed E-state index contributed by atoms with van der Waals surface area (Å²) in [5.41, 5.74) is 1.91. The van der Waals surface area contributed by atoms with Crippen LogP contribution >= 0.6 is 78.3 Å². The number of hydrogen-bond acceptors (Lipinski definition) is 2. The fourth-order valence-electron chi connectivity index (χ4n) is 2.79. The standard InChI is InChI=1S/C22H14Br2Cl4O2/c23-20(15-7-6-13(25)8-16(15)27)21(24)22(29)19-17(28)9-14(26)10-18(19)30-11-12-4-2-1-3-5-12/h1-10,20-21H,11H2. The number of carbonyl (C=O) groups is 1. The van der Waals surface area contributed by atoms with E-state index in [4.69, 9.17) is 51.1 Å². The number of alkyl halides is 2. The van der Waals surface area contributed by atoms with E-state index in [0.717, 1.165) is 5.56 Å². The zero-order chi connectivity index (χ0) is 21.8. The van der Waals surface area contributed by atoms with Crippen LogP contribution in [0.2, 0.25) is 20.1 Å². The molecule has 0 saturated carbocycles. The first-order chi connectivity index (χ1) is 14.3. The van der Waals surface area contributed by atoms with E-state index in [1.807, 2.05) is 30.3 Å². The molecule has 8 heteroatoms. The molecule has 0 spiro atoms. The van der Waals surface area contributed by atoms with E-state index in [1.54, 1.807) is 24.3 Å². The van der Waals surface area contributed by atoms with Gasteiger partial charge in [-0.2, -0.15) is 0 Å². The smallest absolute Gasteiger partial charge is 0.183 e. The monoisotopic (exact) mass is 608 g/mol. The Kier molecular flexibility index (Phi) is 8.54. The van der Waals surface area contributed by atoms with Crippen LogP contribution in [-0.4, -0.2) is 10.6 Å². The van der Waals surface area contributed by atoms with Crippen molar-refractivity contribution in [3.05, 3.63) is 97.4 Å². The third kappa shape index (κ3) is 5.73. The molecule has 0 aliphatic heterocycles. The number of halogens is 6. The number of Topliss-reactive ketones (excluding diaryl/α,β-unsaturated/α-hetero) is 1. The molecule has 0 fully saturated rings. The Morgan fingerprint density at radius 1 is 0.867 bits per heavy atom. The third-order valence-electron chi connectivity index (χ3n) is 4.27. The summed E-state index contributed by atoms with van der Waals surface area (Å²) < 4.78 is 5.91. The third-order valence-corrected chi connectivity index (χ3v) is 8.02. The molecule has 3 aromatic carbocycles. The summed E-state index contributed by atoms with van der Waals surface area (Å²) >= 11 is 31.9. The summed E-state index contributed by atoms with van der Waals surface area (Å²) in [6.45, 7) is 0.269. The molecule has 156 valence electrons. The van der Waals surface area contributed by atoms with Gasteiger partial charge >= 0.3 is 0 Å². The molecule has 0 radical (unpaired) electrons. The number of ether oxygens (including phenoxy) is 1. The Morgan fingerprint density at radius 2 is 1.53 bits per heavy atom. The van der Waals surface area contributed by atoms with Crippen molar-refractivity contribution in [1.82, 2.24) is 0 Å². The fraction of sp³-hybridized carbons (Fsp3) is 0.136. The molecule has 0 N–H and O–H groups in total. The van der Waals surface area contributed by atoms with Gasteiger partial charge in [0.05, 0.1) is 20.2 Å². The SMILES string of the molecule is O=C(c1c(Cl)cc(Cl)cc1OCc1ccccc1)C(Br)C(Br)c1ccc(Cl)cc1Cl. The molecule has 0 heterocycles. The lowest BCUT2D eigenvalue weighted by atomic mass is 10.0. The van der Waals surface area contributed by atoms with Gasteiger partial charge in [-0.25, -0.2) is 0 Å². The van der Waals surface area contributed by atoms with Gasteiger partial charge < -0.3 is 4.74 Å². The molecular weight excluding hydrogens is 598 g/mol. The van der Waals surface area contributed by atoms with Crippen LogP contribution in [0.15, 0.2) is 60.7 Å². The highest BCUT2D eigenvalue weighted by atomic mass is 79.9. The predicted octanol–water partition coefficient (Wildman–Crippen LogP) is 8.96. The van der Waals surface area contributed by atoms with Gasteiger partial charge in [-0.1, -0.05) is 115 Å². The summed E-state index contributed by atoms with van der Waals surface area (Å²) in [7, 11) is 0. The van der Waals surface area contributed by atoms with Gasteiger partial charge in [-0.15, -0.1) is 0 Å². The summed E-state index contributed by atoms with van der Waals surface area (Å²) in [5.74, 6) is 0.0420. The highest BCUT2D eigenvalue weighted by molar-refractivity contribution is 9.12. The van der Waals surface area contributed by atoms with Crippen molar-refractivity contribution >= 4 is 84.0 Å². The van der Waals surface area contributed by atoms with Crippen molar-refractivity contribution < 1.29 is 9.53 Å². The number of ketones is 1. The van der Waals surface area contributed by atoms with Crippen molar-refractivity contribution in [3.63, 3.8) is 0 Å². The van der Waals surface area contributed by atoms with Gasteiger partial charge in [0.2, 0.25) is 0 Å². The van der Waals surface area contributed by atoms with E-state index in [1.165, 1.54) is 6.07 Å². The van der Waals surface area contributed by atoms with Crippen LogP contribution in [0.1, 0.15) is 26.3 Å². The summed E-state index contributed by atoms with van der Waals surface area (Å²) in [5, 5.41) is 1.55. The van der Waals surface area contributed by atoms with E-state index in [0.29, 0.717) is 26.4 Å². The molecule has 3 rings (SSSR count). The maximum absolute atomic E-state index is 13.3. The molecular formula is C22H14Br2Cl4O2. The topological polar surface area (TPSA) is 26.3 Å². The van der Waals surface area contributed by atoms with Crippen molar-refractivity contribution in [2.75, 3.05) is 0 Å². The molecule has 30 heavy (non-hydrogen) atoms. The van der Waals surface area contributed by atoms with Crippen molar-refractivity contribution in [1.29, 1.82) is 0 Å². The Balaban J connectivity index is 1.90. The minimum absolute atomic E-state index is 0.210. The minimum atomic E-state index is -0.672. The molecule has 3 aromatic rings. The first kappa shape index (κ1) is 23.9. The van der Waals surface area contributed by atoms with E-state index in [9.17, 15) is 4.79 Å². The number of carbonyl (C=O) groups excluding carboxylic acids is 1. The summed E-state index contributed by atoms with van der Waals surface area (Å²) in [6, 6.07) is 17.8. The lowest BCUT2D eigenvalue weighted by Crippen LogP contribution is -2.21. The van der Waals surface area contributed by atoms with Crippen LogP contribution in [0.25, 0.3) is 0 Å². The molecule has 0 amide bonds. The predicted molar refractivity (Wildman–Crippen MR) is 132 cm³/mol. The molecule has 0 saturated heterocycles. The van der Waals surface area contributed by atoms with Crippen molar-refractivity contribution in [2.45, 2.75) is 16.3 Å². The normalized spacial score (nSPS) is 13.0. The van der Waals surface area contributed by atoms with Crippen LogP contribution in [0.3, 0.4) is 0 Å². The summed E-state index contributed by atoms with van der Waals surface area (Å²) in [6.07, 6.45) is 0. The van der Waals surface area contributed by atoms with Gasteiger partial charge in [0.1, 0.15) is 12.4 Å². The second kappa shape index (κ2) is 10.7. The minimum Gasteiger partial charge on any atom is -0.488 e. The molecule has 0 aliphatic carbocycles. The average molecular weight is 612 g/mol. The zero-order valence-electron chi connectivity index (χ0n) is 15.2. The lowest BCUT2D eigenvalue weighted by Gasteiger charge is -2.20. The number of benzene rings is 3. The molecule has 0 aliphatic rings. The van der Waals surface area contributed by atoms with E-state index in [-0.39, 0.29) is 23.0 Å². The summed E-state index contributed by atoms with van der Waals surface area (Å²) in [4.78, 5) is 12.2. The Labute approximate surface area is 211 Å². The van der Waals surface area contributed by atoms with Gasteiger partial charge in [0.15, 0.2) is 5.78 Å². The quantitative estimate of drug-likeness (QED) is 0.197. The van der Waals surface area contributed by atoms with Gasteiger partial charge in [-0.3, -0.25) is 4.79 Å². The fourth-order valence-corrected chi connectivity index (χ4v) is 5.17. The van der Waals surface area contributed by atoms with Crippen LogP contribution in [-0.2, 0) is 6.61 Å². The number of hydrogen-bond donors (Lipinski definition) is 0. The molecule has 2 atom stereocenters. The van der Waals surface area contributed by atoms with Crippen LogP contribution in [0.4, 0.5) is 0 Å². The molecule has 0 bridgehead atoms. The zero-order valence-corrected chi connectivity index (χ0v) is 21.4. The average Bonchev–Trinajstić information content (AvgIpc) is 2.71. The lowest BCUT2D eigenvalue weighted by molar-refractivity contribution is 0.0986. The second-order valence-electron chi connectivity index (χ2n) is 6.37. The van der Waals surface area contributed by atoms with Crippen LogP contribution in [0, 0.1) is 0 Å². The second-order valence-corrected chi connectivity index (χ2v) is 10.0. The maximum atomic E-state index is 13.3. The number of rotatable bonds is 7. The highest BCUT2D eigenvalue weighted by Gasteiger charge is 2.31. The molecule has 2 nitrogen and oxygen atoms in total. The van der Waals surface area contributed by atoms with Crippen LogP contribution < -0.4 is 4.74 Å². The van der Waals surface area contributed by atoms with Crippen LogP contribution in [0.5, 0.6) is 5.75 Å². The maximum Gasteiger partial charge on any atom is 0.183 e. The van der Waals surface area contributed by atoms with Gasteiger partial charge in [0.25, 0.3) is 0 Å². The molecule has 2 unspecified atom stereocenters.